The molecular formula is C12H8I2N2O4. The van der Waals surface area contributed by atoms with Gasteiger partial charge in [-0.3, -0.25) is 20.2 Å². The first-order valence-corrected chi connectivity index (χ1v) is 7.49. The van der Waals surface area contributed by atoms with E-state index < -0.39 is 17.8 Å². The number of hydrogen-bond donors (Lipinski definition) is 2. The zero-order chi connectivity index (χ0) is 14.9. The van der Waals surface area contributed by atoms with E-state index in [2.05, 4.69) is 45.2 Å². The Morgan fingerprint density at radius 1 is 1.10 bits per heavy atom. The van der Waals surface area contributed by atoms with Gasteiger partial charge in [0.25, 0.3) is 11.8 Å². The molecule has 1 heterocycles. The molecule has 0 spiro atoms. The van der Waals surface area contributed by atoms with Crippen LogP contribution in [0.3, 0.4) is 0 Å². The van der Waals surface area contributed by atoms with Crippen LogP contribution < -0.4 is 15.4 Å². The first kappa shape index (κ1) is 15.2. The van der Waals surface area contributed by atoms with E-state index in [9.17, 15) is 14.4 Å². The number of hydrogen-bond acceptors (Lipinski definition) is 4. The highest BCUT2D eigenvalue weighted by Crippen LogP contribution is 2.30. The summed E-state index contributed by atoms with van der Waals surface area (Å²) in [4.78, 5) is 34.4. The number of ether oxygens (including phenoxy) is 1. The van der Waals surface area contributed by atoms with Crippen LogP contribution in [0.5, 0.6) is 5.75 Å². The summed E-state index contributed by atoms with van der Waals surface area (Å²) in [6.45, 7) is 0. The van der Waals surface area contributed by atoms with Crippen molar-refractivity contribution in [3.63, 3.8) is 0 Å². The molecule has 1 saturated heterocycles. The molecule has 8 heteroatoms. The highest BCUT2D eigenvalue weighted by atomic mass is 127. The van der Waals surface area contributed by atoms with Crippen molar-refractivity contribution in [2.24, 2.45) is 0 Å². The number of imide groups is 2. The summed E-state index contributed by atoms with van der Waals surface area (Å²) < 4.78 is 7.07. The van der Waals surface area contributed by atoms with Crippen molar-refractivity contribution < 1.29 is 19.1 Å². The van der Waals surface area contributed by atoms with Crippen LogP contribution in [0, 0.1) is 7.14 Å². The molecule has 104 valence electrons. The van der Waals surface area contributed by atoms with Gasteiger partial charge in [0.1, 0.15) is 11.3 Å². The van der Waals surface area contributed by atoms with Gasteiger partial charge < -0.3 is 4.74 Å². The van der Waals surface area contributed by atoms with Gasteiger partial charge in [0, 0.05) is 9.13 Å². The predicted molar refractivity (Wildman–Crippen MR) is 88.1 cm³/mol. The van der Waals surface area contributed by atoms with Crippen LogP contribution in [0.2, 0.25) is 0 Å². The molecule has 1 aromatic rings. The Bertz CT molecular complexity index is 633. The van der Waals surface area contributed by atoms with Gasteiger partial charge in [-0.2, -0.15) is 0 Å². The second-order valence-electron chi connectivity index (χ2n) is 3.81. The minimum Gasteiger partial charge on any atom is -0.495 e. The van der Waals surface area contributed by atoms with Crippen molar-refractivity contribution >= 4 is 69.1 Å². The normalized spacial score (nSPS) is 14.8. The third-order valence-electron chi connectivity index (χ3n) is 2.48. The molecule has 1 aromatic carbocycles. The quantitative estimate of drug-likeness (QED) is 0.370. The Morgan fingerprint density at radius 3 is 2.25 bits per heavy atom. The van der Waals surface area contributed by atoms with E-state index in [1.165, 1.54) is 13.2 Å². The summed E-state index contributed by atoms with van der Waals surface area (Å²) in [5.74, 6) is -0.889. The lowest BCUT2D eigenvalue weighted by Crippen LogP contribution is -2.51. The molecule has 0 bridgehead atoms. The number of rotatable bonds is 2. The maximum Gasteiger partial charge on any atom is 0.328 e. The number of halogens is 2. The average Bonchev–Trinajstić information content (AvgIpc) is 2.33. The second-order valence-corrected chi connectivity index (χ2v) is 6.21. The molecule has 0 saturated carbocycles. The van der Waals surface area contributed by atoms with Crippen LogP contribution in [0.4, 0.5) is 4.79 Å². The Morgan fingerprint density at radius 2 is 1.70 bits per heavy atom. The maximum atomic E-state index is 11.7. The van der Waals surface area contributed by atoms with Crippen molar-refractivity contribution in [2.45, 2.75) is 0 Å². The fourth-order valence-electron chi connectivity index (χ4n) is 1.66. The van der Waals surface area contributed by atoms with Gasteiger partial charge in [0.05, 0.1) is 10.7 Å². The Balaban J connectivity index is 2.52. The molecule has 0 unspecified atom stereocenters. The Labute approximate surface area is 141 Å². The number of methoxy groups -OCH3 is 1. The van der Waals surface area contributed by atoms with Crippen molar-refractivity contribution in [3.8, 4) is 5.75 Å². The average molecular weight is 498 g/mol. The summed E-state index contributed by atoms with van der Waals surface area (Å²) >= 11 is 4.23. The minimum absolute atomic E-state index is 0.138. The SMILES string of the molecule is COc1c(I)cc(I)cc1C=C1C(=O)NC(=O)NC1=O. The number of urea groups is 1. The van der Waals surface area contributed by atoms with Crippen LogP contribution in [-0.2, 0) is 9.59 Å². The van der Waals surface area contributed by atoms with Crippen LogP contribution in [0.25, 0.3) is 6.08 Å². The fraction of sp³-hybridized carbons (Fsp3) is 0.0833. The van der Waals surface area contributed by atoms with Gasteiger partial charge in [-0.1, -0.05) is 0 Å². The lowest BCUT2D eigenvalue weighted by molar-refractivity contribution is -0.123. The van der Waals surface area contributed by atoms with E-state index in [1.54, 1.807) is 6.07 Å². The van der Waals surface area contributed by atoms with Crippen LogP contribution in [-0.4, -0.2) is 25.0 Å². The molecule has 2 N–H and O–H groups in total. The molecule has 2 rings (SSSR count). The molecule has 20 heavy (non-hydrogen) atoms. The largest absolute Gasteiger partial charge is 0.495 e. The molecule has 0 atom stereocenters. The van der Waals surface area contributed by atoms with Crippen molar-refractivity contribution in [1.82, 2.24) is 10.6 Å². The van der Waals surface area contributed by atoms with Gasteiger partial charge in [-0.15, -0.1) is 0 Å². The van der Waals surface area contributed by atoms with E-state index >= 15 is 0 Å². The maximum absolute atomic E-state index is 11.7. The summed E-state index contributed by atoms with van der Waals surface area (Å²) in [5.41, 5.74) is 0.458. The molecule has 4 amide bonds. The van der Waals surface area contributed by atoms with E-state index in [4.69, 9.17) is 4.74 Å². The first-order chi connectivity index (χ1) is 9.42. The van der Waals surface area contributed by atoms with Gasteiger partial charge >= 0.3 is 6.03 Å². The highest BCUT2D eigenvalue weighted by Gasteiger charge is 2.28. The van der Waals surface area contributed by atoms with E-state index in [0.29, 0.717) is 11.3 Å². The van der Waals surface area contributed by atoms with Gasteiger partial charge in [-0.05, 0) is 63.4 Å². The zero-order valence-corrected chi connectivity index (χ0v) is 14.4. The lowest BCUT2D eigenvalue weighted by atomic mass is 10.1. The Kier molecular flexibility index (Phi) is 4.62. The fourth-order valence-corrected chi connectivity index (χ4v) is 3.77. The second kappa shape index (κ2) is 6.08. The molecule has 0 radical (unpaired) electrons. The number of benzene rings is 1. The van der Waals surface area contributed by atoms with Gasteiger partial charge in [0.2, 0.25) is 0 Å². The molecule has 0 aromatic heterocycles. The number of nitrogens with one attached hydrogen (secondary N) is 2. The minimum atomic E-state index is -0.818. The summed E-state index contributed by atoms with van der Waals surface area (Å²) in [5, 5.41) is 4.05. The van der Waals surface area contributed by atoms with Crippen LogP contribution in [0.15, 0.2) is 17.7 Å². The smallest absolute Gasteiger partial charge is 0.328 e. The van der Waals surface area contributed by atoms with E-state index in [0.717, 1.165) is 7.14 Å². The molecule has 6 nitrogen and oxygen atoms in total. The van der Waals surface area contributed by atoms with Crippen LogP contribution in [0.1, 0.15) is 5.56 Å². The number of barbiturate groups is 1. The van der Waals surface area contributed by atoms with E-state index in [1.807, 2.05) is 16.7 Å². The molecule has 1 aliphatic heterocycles. The number of carbonyl (C=O) groups excluding carboxylic acids is 3. The monoisotopic (exact) mass is 498 g/mol. The molecular weight excluding hydrogens is 490 g/mol. The predicted octanol–water partition coefficient (Wildman–Crippen LogP) is 1.65. The zero-order valence-electron chi connectivity index (χ0n) is 10.1. The van der Waals surface area contributed by atoms with E-state index in [-0.39, 0.29) is 5.57 Å². The third-order valence-corrected chi connectivity index (χ3v) is 3.91. The highest BCUT2D eigenvalue weighted by molar-refractivity contribution is 14.1. The third kappa shape index (κ3) is 3.11. The Hall–Kier alpha value is -1.17. The molecule has 1 aliphatic rings. The standard InChI is InChI=1S/C12H8I2N2O4/c1-20-9-5(2-6(13)4-8(9)14)3-7-10(17)15-12(19)16-11(7)18/h2-4H,1H3,(H2,15,16,17,18,19). The van der Waals surface area contributed by atoms with Gasteiger partial charge in [0.15, 0.2) is 0 Å². The summed E-state index contributed by atoms with van der Waals surface area (Å²) in [6.07, 6.45) is 1.40. The molecule has 0 aliphatic carbocycles. The van der Waals surface area contributed by atoms with Crippen LogP contribution >= 0.6 is 45.2 Å². The lowest BCUT2D eigenvalue weighted by Gasteiger charge is -2.15. The number of amides is 4. The number of carbonyl (C=O) groups is 3. The topological polar surface area (TPSA) is 84.5 Å². The summed E-state index contributed by atoms with van der Waals surface area (Å²) in [6, 6.07) is 2.87. The van der Waals surface area contributed by atoms with Crippen molar-refractivity contribution in [3.05, 3.63) is 30.4 Å². The first-order valence-electron chi connectivity index (χ1n) is 5.33. The molecule has 1 fully saturated rings. The van der Waals surface area contributed by atoms with Crippen molar-refractivity contribution in [1.29, 1.82) is 0 Å². The van der Waals surface area contributed by atoms with Gasteiger partial charge in [-0.25, -0.2) is 4.79 Å². The van der Waals surface area contributed by atoms with Crippen molar-refractivity contribution in [2.75, 3.05) is 7.11 Å². The summed E-state index contributed by atoms with van der Waals surface area (Å²) in [7, 11) is 1.51.